The van der Waals surface area contributed by atoms with Crippen molar-refractivity contribution in [1.29, 1.82) is 5.26 Å². The summed E-state index contributed by atoms with van der Waals surface area (Å²) >= 11 is 1.61. The van der Waals surface area contributed by atoms with Gasteiger partial charge >= 0.3 is 0 Å². The van der Waals surface area contributed by atoms with Crippen molar-refractivity contribution >= 4 is 11.3 Å². The molecule has 0 bridgehead atoms. The Morgan fingerprint density at radius 2 is 2.50 bits per heavy atom. The summed E-state index contributed by atoms with van der Waals surface area (Å²) in [4.78, 5) is 1.10. The summed E-state index contributed by atoms with van der Waals surface area (Å²) in [5.41, 5.74) is 1.17. The van der Waals surface area contributed by atoms with Gasteiger partial charge in [-0.1, -0.05) is 0 Å². The van der Waals surface area contributed by atoms with E-state index in [1.807, 2.05) is 18.4 Å². The van der Waals surface area contributed by atoms with Gasteiger partial charge in [-0.15, -0.1) is 11.3 Å². The lowest BCUT2D eigenvalue weighted by Gasteiger charge is -2.10. The van der Waals surface area contributed by atoms with Crippen molar-refractivity contribution in [3.63, 3.8) is 0 Å². The lowest BCUT2D eigenvalue weighted by atomic mass is 10.2. The minimum Gasteiger partial charge on any atom is -0.383 e. The van der Waals surface area contributed by atoms with Gasteiger partial charge in [0.1, 0.15) is 6.04 Å². The molecule has 0 aliphatic carbocycles. The van der Waals surface area contributed by atoms with Crippen molar-refractivity contribution in [3.8, 4) is 6.07 Å². The topological polar surface area (TPSA) is 45.0 Å². The average Bonchev–Trinajstić information content (AvgIpc) is 2.60. The summed E-state index contributed by atoms with van der Waals surface area (Å²) in [6.45, 7) is 3.35. The molecule has 1 N–H and O–H groups in total. The van der Waals surface area contributed by atoms with Crippen molar-refractivity contribution < 1.29 is 4.74 Å². The van der Waals surface area contributed by atoms with Crippen LogP contribution >= 0.6 is 11.3 Å². The molecule has 1 aromatic rings. The van der Waals surface area contributed by atoms with E-state index < -0.39 is 0 Å². The van der Waals surface area contributed by atoms with Gasteiger partial charge in [-0.05, 0) is 23.9 Å². The van der Waals surface area contributed by atoms with Crippen LogP contribution in [0.5, 0.6) is 0 Å². The Hall–Kier alpha value is -0.890. The van der Waals surface area contributed by atoms with E-state index in [1.165, 1.54) is 5.56 Å². The van der Waals surface area contributed by atoms with Crippen LogP contribution in [0, 0.1) is 18.3 Å². The number of rotatable bonds is 5. The normalized spacial score (nSPS) is 12.4. The van der Waals surface area contributed by atoms with Crippen LogP contribution in [0.4, 0.5) is 0 Å². The first-order valence-electron chi connectivity index (χ1n) is 4.45. The quantitative estimate of drug-likeness (QED) is 0.754. The molecular formula is C10H14N2OS. The molecule has 1 unspecified atom stereocenters. The van der Waals surface area contributed by atoms with Gasteiger partial charge in [0, 0.05) is 18.5 Å². The number of nitrogens with zero attached hydrogens (tertiary/aromatic N) is 1. The van der Waals surface area contributed by atoms with Crippen molar-refractivity contribution in [2.24, 2.45) is 0 Å². The summed E-state index contributed by atoms with van der Waals surface area (Å²) in [6.07, 6.45) is 0. The van der Waals surface area contributed by atoms with E-state index in [0.717, 1.165) is 4.88 Å². The first-order chi connectivity index (χ1) is 6.79. The van der Waals surface area contributed by atoms with Crippen molar-refractivity contribution in [2.45, 2.75) is 13.0 Å². The molecule has 3 nitrogen and oxygen atoms in total. The molecular weight excluding hydrogens is 196 g/mol. The van der Waals surface area contributed by atoms with E-state index >= 15 is 0 Å². The van der Waals surface area contributed by atoms with E-state index in [1.54, 1.807) is 18.4 Å². The van der Waals surface area contributed by atoms with Gasteiger partial charge in [-0.2, -0.15) is 5.26 Å². The molecule has 1 aromatic heterocycles. The maximum Gasteiger partial charge on any atom is 0.130 e. The van der Waals surface area contributed by atoms with Crippen LogP contribution in [0.25, 0.3) is 0 Å². The number of thiophene rings is 1. The molecule has 0 aliphatic rings. The fourth-order valence-corrected chi connectivity index (χ4v) is 2.13. The number of hydrogen-bond donors (Lipinski definition) is 1. The van der Waals surface area contributed by atoms with Crippen molar-refractivity contribution in [1.82, 2.24) is 5.32 Å². The minimum atomic E-state index is -0.204. The summed E-state index contributed by atoms with van der Waals surface area (Å²) in [6, 6.07) is 4.07. The lowest BCUT2D eigenvalue weighted by Crippen LogP contribution is -2.23. The molecule has 76 valence electrons. The smallest absolute Gasteiger partial charge is 0.130 e. The highest BCUT2D eigenvalue weighted by molar-refractivity contribution is 7.10. The van der Waals surface area contributed by atoms with Crippen LogP contribution in [-0.4, -0.2) is 20.3 Å². The molecule has 0 aliphatic heterocycles. The predicted octanol–water partition coefficient (Wildman–Crippen LogP) is 1.86. The third-order valence-electron chi connectivity index (χ3n) is 1.95. The molecule has 0 saturated carbocycles. The van der Waals surface area contributed by atoms with Crippen molar-refractivity contribution in [3.05, 3.63) is 21.9 Å². The second kappa shape index (κ2) is 5.76. The first-order valence-corrected chi connectivity index (χ1v) is 5.33. The summed E-state index contributed by atoms with van der Waals surface area (Å²) in [5.74, 6) is 0. The standard InChI is InChI=1S/C10H14N2OS/c1-8-3-6-14-10(8)9(7-11)12-4-5-13-2/h3,6,9,12H,4-5H2,1-2H3. The van der Waals surface area contributed by atoms with Gasteiger partial charge in [-0.3, -0.25) is 5.32 Å². The Kier molecular flexibility index (Phi) is 4.60. The summed E-state index contributed by atoms with van der Waals surface area (Å²) < 4.78 is 4.92. The third kappa shape index (κ3) is 2.81. The van der Waals surface area contributed by atoms with Crippen LogP contribution in [0.1, 0.15) is 16.5 Å². The number of aryl methyl sites for hydroxylation is 1. The first kappa shape index (κ1) is 11.2. The number of nitriles is 1. The maximum atomic E-state index is 8.97. The predicted molar refractivity (Wildman–Crippen MR) is 57.3 cm³/mol. The van der Waals surface area contributed by atoms with Gasteiger partial charge in [0.2, 0.25) is 0 Å². The number of ether oxygens (including phenoxy) is 1. The van der Waals surface area contributed by atoms with E-state index in [-0.39, 0.29) is 6.04 Å². The molecule has 14 heavy (non-hydrogen) atoms. The molecule has 0 fully saturated rings. The number of methoxy groups -OCH3 is 1. The zero-order chi connectivity index (χ0) is 10.4. The Bertz CT molecular complexity index is 316. The van der Waals surface area contributed by atoms with Crippen LogP contribution in [0.2, 0.25) is 0 Å². The fourth-order valence-electron chi connectivity index (χ4n) is 1.18. The Balaban J connectivity index is 2.56. The Labute approximate surface area is 88.3 Å². The highest BCUT2D eigenvalue weighted by Crippen LogP contribution is 2.22. The second-order valence-corrected chi connectivity index (χ2v) is 3.92. The summed E-state index contributed by atoms with van der Waals surface area (Å²) in [7, 11) is 1.65. The molecule has 1 atom stereocenters. The van der Waals surface area contributed by atoms with Gasteiger partial charge in [0.15, 0.2) is 0 Å². The monoisotopic (exact) mass is 210 g/mol. The van der Waals surface area contributed by atoms with E-state index in [4.69, 9.17) is 10.00 Å². The minimum absolute atomic E-state index is 0.204. The largest absolute Gasteiger partial charge is 0.383 e. The number of hydrogen-bond acceptors (Lipinski definition) is 4. The average molecular weight is 210 g/mol. The maximum absolute atomic E-state index is 8.97. The van der Waals surface area contributed by atoms with Crippen LogP contribution in [-0.2, 0) is 4.74 Å². The summed E-state index contributed by atoms with van der Waals surface area (Å²) in [5, 5.41) is 14.1. The van der Waals surface area contributed by atoms with Crippen LogP contribution in [0.3, 0.4) is 0 Å². The van der Waals surface area contributed by atoms with Gasteiger partial charge in [0.05, 0.1) is 12.7 Å². The fraction of sp³-hybridized carbons (Fsp3) is 0.500. The lowest BCUT2D eigenvalue weighted by molar-refractivity contribution is 0.198. The van der Waals surface area contributed by atoms with Crippen LogP contribution in [0.15, 0.2) is 11.4 Å². The SMILES string of the molecule is COCCNC(C#N)c1sccc1C. The van der Waals surface area contributed by atoms with E-state index in [9.17, 15) is 0 Å². The molecule has 1 heterocycles. The second-order valence-electron chi connectivity index (χ2n) is 2.98. The molecule has 0 radical (unpaired) electrons. The van der Waals surface area contributed by atoms with E-state index in [0.29, 0.717) is 13.2 Å². The zero-order valence-corrected chi connectivity index (χ0v) is 9.23. The van der Waals surface area contributed by atoms with Crippen molar-refractivity contribution in [2.75, 3.05) is 20.3 Å². The molecule has 0 spiro atoms. The van der Waals surface area contributed by atoms with Gasteiger partial charge in [-0.25, -0.2) is 0 Å². The molecule has 0 aromatic carbocycles. The third-order valence-corrected chi connectivity index (χ3v) is 3.03. The molecule has 4 heteroatoms. The zero-order valence-electron chi connectivity index (χ0n) is 8.41. The highest BCUT2D eigenvalue weighted by Gasteiger charge is 2.12. The molecule has 0 saturated heterocycles. The Morgan fingerprint density at radius 3 is 3.00 bits per heavy atom. The molecule has 1 rings (SSSR count). The van der Waals surface area contributed by atoms with Gasteiger partial charge in [0.25, 0.3) is 0 Å². The number of nitrogens with one attached hydrogen (secondary N) is 1. The highest BCUT2D eigenvalue weighted by atomic mass is 32.1. The Morgan fingerprint density at radius 1 is 1.71 bits per heavy atom. The van der Waals surface area contributed by atoms with Gasteiger partial charge < -0.3 is 4.74 Å². The van der Waals surface area contributed by atoms with E-state index in [2.05, 4.69) is 11.4 Å². The van der Waals surface area contributed by atoms with Crippen LogP contribution < -0.4 is 5.32 Å². The molecule has 0 amide bonds.